The summed E-state index contributed by atoms with van der Waals surface area (Å²) < 4.78 is 0. The summed E-state index contributed by atoms with van der Waals surface area (Å²) in [6.45, 7) is 11.1. The molecule has 2 aliphatic rings. The lowest BCUT2D eigenvalue weighted by Crippen LogP contribution is -2.43. The van der Waals surface area contributed by atoms with Crippen molar-refractivity contribution < 1.29 is 4.79 Å². The third-order valence-corrected chi connectivity index (χ3v) is 4.70. The molecule has 1 saturated heterocycles. The maximum absolute atomic E-state index is 11.1. The number of Topliss-reactive ketones (excluding diaryl/α,β-unsaturated/α-hetero) is 1. The molecule has 1 heterocycles. The maximum Gasteiger partial charge on any atom is 0.143 e. The Balaban J connectivity index is 0.000000771. The molecule has 1 saturated carbocycles. The van der Waals surface area contributed by atoms with E-state index in [0.717, 1.165) is 19.0 Å². The van der Waals surface area contributed by atoms with Gasteiger partial charge in [-0.05, 0) is 57.0 Å². The Hall–Kier alpha value is -0.370. The Labute approximate surface area is 113 Å². The smallest absolute Gasteiger partial charge is 0.143 e. The number of nitrogens with zero attached hydrogens (tertiary/aromatic N) is 1. The standard InChI is InChI=1S/C14H25NO.C2H6/c1-12-3-5-14(6-4-12)7-9-15(10-8-14)11-13(2)16;1-2/h12H,3-11H2,1-2H3;1-2H3. The molecule has 2 nitrogen and oxygen atoms in total. The zero-order valence-electron chi connectivity index (χ0n) is 12.8. The van der Waals surface area contributed by atoms with E-state index in [2.05, 4.69) is 11.8 Å². The number of ketones is 1. The highest BCUT2D eigenvalue weighted by atomic mass is 16.1. The van der Waals surface area contributed by atoms with Crippen LogP contribution < -0.4 is 0 Å². The summed E-state index contributed by atoms with van der Waals surface area (Å²) in [5, 5.41) is 0. The van der Waals surface area contributed by atoms with Crippen LogP contribution in [0.5, 0.6) is 0 Å². The van der Waals surface area contributed by atoms with E-state index in [4.69, 9.17) is 0 Å². The van der Waals surface area contributed by atoms with Crippen molar-refractivity contribution in [2.24, 2.45) is 11.3 Å². The molecule has 106 valence electrons. The van der Waals surface area contributed by atoms with Crippen molar-refractivity contribution in [1.82, 2.24) is 4.90 Å². The van der Waals surface area contributed by atoms with Gasteiger partial charge in [0.1, 0.15) is 5.78 Å². The van der Waals surface area contributed by atoms with Crippen LogP contribution in [0.3, 0.4) is 0 Å². The average Bonchev–Trinajstić information content (AvgIpc) is 2.38. The number of piperidine rings is 1. The quantitative estimate of drug-likeness (QED) is 0.744. The number of carbonyl (C=O) groups excluding carboxylic acids is 1. The van der Waals surface area contributed by atoms with Gasteiger partial charge in [0.25, 0.3) is 0 Å². The minimum Gasteiger partial charge on any atom is -0.299 e. The average molecular weight is 253 g/mol. The van der Waals surface area contributed by atoms with Crippen molar-refractivity contribution in [3.8, 4) is 0 Å². The molecule has 2 rings (SSSR count). The van der Waals surface area contributed by atoms with E-state index in [0.29, 0.717) is 17.7 Å². The topological polar surface area (TPSA) is 20.3 Å². The summed E-state index contributed by atoms with van der Waals surface area (Å²) in [6, 6.07) is 0. The van der Waals surface area contributed by atoms with E-state index in [1.165, 1.54) is 38.5 Å². The lowest BCUT2D eigenvalue weighted by molar-refractivity contribution is -0.118. The molecule has 0 aromatic heterocycles. The van der Waals surface area contributed by atoms with Gasteiger partial charge in [-0.25, -0.2) is 0 Å². The van der Waals surface area contributed by atoms with Crippen LogP contribution in [0.25, 0.3) is 0 Å². The number of carbonyl (C=O) groups is 1. The zero-order valence-corrected chi connectivity index (χ0v) is 12.8. The second-order valence-corrected chi connectivity index (χ2v) is 6.16. The molecule has 0 bridgehead atoms. The normalized spacial score (nSPS) is 24.4. The van der Waals surface area contributed by atoms with Crippen molar-refractivity contribution in [2.45, 2.75) is 66.2 Å². The fourth-order valence-electron chi connectivity index (χ4n) is 3.37. The Kier molecular flexibility index (Phi) is 6.34. The van der Waals surface area contributed by atoms with Gasteiger partial charge in [-0.3, -0.25) is 9.69 Å². The number of rotatable bonds is 2. The highest BCUT2D eigenvalue weighted by Crippen LogP contribution is 2.45. The molecule has 0 unspecified atom stereocenters. The van der Waals surface area contributed by atoms with E-state index in [1.807, 2.05) is 13.8 Å². The van der Waals surface area contributed by atoms with Gasteiger partial charge >= 0.3 is 0 Å². The molecule has 0 radical (unpaired) electrons. The van der Waals surface area contributed by atoms with Gasteiger partial charge < -0.3 is 0 Å². The van der Waals surface area contributed by atoms with Crippen molar-refractivity contribution in [1.29, 1.82) is 0 Å². The van der Waals surface area contributed by atoms with Gasteiger partial charge in [0.05, 0.1) is 6.54 Å². The molecule has 1 aliphatic heterocycles. The van der Waals surface area contributed by atoms with Crippen LogP contribution >= 0.6 is 0 Å². The first-order valence-electron chi connectivity index (χ1n) is 7.81. The van der Waals surface area contributed by atoms with E-state index in [9.17, 15) is 4.79 Å². The number of hydrogen-bond donors (Lipinski definition) is 0. The lowest BCUT2D eigenvalue weighted by atomic mass is 9.66. The largest absolute Gasteiger partial charge is 0.299 e. The maximum atomic E-state index is 11.1. The summed E-state index contributed by atoms with van der Waals surface area (Å²) in [6.07, 6.45) is 8.36. The first-order chi connectivity index (χ1) is 8.60. The van der Waals surface area contributed by atoms with Gasteiger partial charge in [-0.15, -0.1) is 0 Å². The minimum atomic E-state index is 0.313. The Morgan fingerprint density at radius 3 is 2.06 bits per heavy atom. The second-order valence-electron chi connectivity index (χ2n) is 6.16. The monoisotopic (exact) mass is 253 g/mol. The van der Waals surface area contributed by atoms with E-state index in [1.54, 1.807) is 6.92 Å². The van der Waals surface area contributed by atoms with E-state index >= 15 is 0 Å². The molecule has 1 aliphatic carbocycles. The first-order valence-corrected chi connectivity index (χ1v) is 7.81. The van der Waals surface area contributed by atoms with Crippen LogP contribution in [-0.2, 0) is 4.79 Å². The lowest BCUT2D eigenvalue weighted by Gasteiger charge is -2.45. The van der Waals surface area contributed by atoms with Gasteiger partial charge in [-0.1, -0.05) is 33.6 Å². The van der Waals surface area contributed by atoms with Crippen LogP contribution in [0.15, 0.2) is 0 Å². The molecule has 0 N–H and O–H groups in total. The van der Waals surface area contributed by atoms with Crippen LogP contribution in [0.2, 0.25) is 0 Å². The Morgan fingerprint density at radius 2 is 1.61 bits per heavy atom. The zero-order chi connectivity index (χ0) is 13.6. The van der Waals surface area contributed by atoms with Gasteiger partial charge in [0.2, 0.25) is 0 Å². The Morgan fingerprint density at radius 1 is 1.11 bits per heavy atom. The molecule has 2 fully saturated rings. The summed E-state index contributed by atoms with van der Waals surface area (Å²) in [4.78, 5) is 13.4. The highest BCUT2D eigenvalue weighted by Gasteiger charge is 2.36. The molecule has 18 heavy (non-hydrogen) atoms. The molecule has 0 atom stereocenters. The number of hydrogen-bond acceptors (Lipinski definition) is 2. The van der Waals surface area contributed by atoms with Crippen LogP contribution in [0, 0.1) is 11.3 Å². The van der Waals surface area contributed by atoms with E-state index < -0.39 is 0 Å². The molecular formula is C16H31NO. The van der Waals surface area contributed by atoms with Gasteiger partial charge in [-0.2, -0.15) is 0 Å². The summed E-state index contributed by atoms with van der Waals surface area (Å²) in [5.41, 5.74) is 0.653. The molecular weight excluding hydrogens is 222 g/mol. The van der Waals surface area contributed by atoms with Gasteiger partial charge in [0.15, 0.2) is 0 Å². The predicted molar refractivity (Wildman–Crippen MR) is 77.8 cm³/mol. The first kappa shape index (κ1) is 15.7. The molecule has 1 spiro atoms. The highest BCUT2D eigenvalue weighted by molar-refractivity contribution is 5.77. The third kappa shape index (κ3) is 4.38. The van der Waals surface area contributed by atoms with Crippen LogP contribution in [-0.4, -0.2) is 30.3 Å². The fraction of sp³-hybridized carbons (Fsp3) is 0.938. The predicted octanol–water partition coefficient (Wildman–Crippen LogP) is 3.89. The molecule has 2 heteroatoms. The van der Waals surface area contributed by atoms with Crippen molar-refractivity contribution in [2.75, 3.05) is 19.6 Å². The Bertz CT molecular complexity index is 244. The van der Waals surface area contributed by atoms with Gasteiger partial charge in [0, 0.05) is 0 Å². The second kappa shape index (κ2) is 7.28. The van der Waals surface area contributed by atoms with E-state index in [-0.39, 0.29) is 0 Å². The van der Waals surface area contributed by atoms with Crippen LogP contribution in [0.4, 0.5) is 0 Å². The molecule has 0 amide bonds. The summed E-state index contributed by atoms with van der Waals surface area (Å²) in [5.74, 6) is 1.26. The number of likely N-dealkylation sites (tertiary alicyclic amines) is 1. The fourth-order valence-corrected chi connectivity index (χ4v) is 3.37. The van der Waals surface area contributed by atoms with Crippen molar-refractivity contribution in [3.05, 3.63) is 0 Å². The summed E-state index contributed by atoms with van der Waals surface area (Å²) >= 11 is 0. The van der Waals surface area contributed by atoms with Crippen LogP contribution in [0.1, 0.15) is 66.2 Å². The minimum absolute atomic E-state index is 0.313. The third-order valence-electron chi connectivity index (χ3n) is 4.70. The SMILES string of the molecule is CC.CC(=O)CN1CCC2(CCC(C)CC2)CC1. The van der Waals surface area contributed by atoms with Crippen molar-refractivity contribution in [3.63, 3.8) is 0 Å². The van der Waals surface area contributed by atoms with Crippen molar-refractivity contribution >= 4 is 5.78 Å². The molecule has 0 aromatic carbocycles. The molecule has 0 aromatic rings. The summed E-state index contributed by atoms with van der Waals surface area (Å²) in [7, 11) is 0.